The number of nitrogens with zero attached hydrogens (tertiary/aromatic N) is 2. The molecule has 0 saturated heterocycles. The van der Waals surface area contributed by atoms with Crippen LogP contribution in [0.4, 0.5) is 17.1 Å². The molecule has 0 aliphatic heterocycles. The summed E-state index contributed by atoms with van der Waals surface area (Å²) in [6.07, 6.45) is 2.17. The van der Waals surface area contributed by atoms with Gasteiger partial charge < -0.3 is 13.9 Å². The zero-order valence-electron chi connectivity index (χ0n) is 36.2. The molecule has 2 aliphatic carbocycles. The summed E-state index contributed by atoms with van der Waals surface area (Å²) in [5.74, 6) is 0.380. The van der Waals surface area contributed by atoms with Crippen molar-refractivity contribution < 1.29 is 4.42 Å². The molecule has 2 heterocycles. The van der Waals surface area contributed by atoms with E-state index in [0.717, 1.165) is 63.0 Å². The Bertz CT molecular complexity index is 3880. The molecule has 12 aromatic rings. The highest BCUT2D eigenvalue weighted by Gasteiger charge is 2.35. The number of furan rings is 1. The largest absolute Gasteiger partial charge is 0.456 e. The van der Waals surface area contributed by atoms with Crippen molar-refractivity contribution in [3.63, 3.8) is 0 Å². The number of para-hydroxylation sites is 2. The van der Waals surface area contributed by atoms with Crippen LogP contribution in [0, 0.1) is 0 Å². The number of aryl methyl sites for hydroxylation is 1. The molecule has 2 aromatic heterocycles. The number of rotatable bonds is 6. The van der Waals surface area contributed by atoms with Gasteiger partial charge in [0.2, 0.25) is 0 Å². The molecule has 0 amide bonds. The van der Waals surface area contributed by atoms with Crippen LogP contribution < -0.4 is 4.90 Å². The summed E-state index contributed by atoms with van der Waals surface area (Å²) in [6, 6.07) is 82.1. The van der Waals surface area contributed by atoms with Crippen LogP contribution in [0.2, 0.25) is 0 Å². The number of anilines is 3. The van der Waals surface area contributed by atoms with Gasteiger partial charge in [-0.15, -0.1) is 0 Å². The smallest absolute Gasteiger partial charge is 0.137 e. The second-order valence-electron chi connectivity index (χ2n) is 17.9. The molecular formula is C63H42N2O. The van der Waals surface area contributed by atoms with Crippen molar-refractivity contribution in [2.75, 3.05) is 4.90 Å². The Morgan fingerprint density at radius 1 is 0.439 bits per heavy atom. The van der Waals surface area contributed by atoms with E-state index in [1.165, 1.54) is 77.5 Å². The van der Waals surface area contributed by atoms with Crippen LogP contribution in [-0.2, 0) is 6.42 Å². The fourth-order valence-electron chi connectivity index (χ4n) is 11.5. The van der Waals surface area contributed by atoms with Gasteiger partial charge in [-0.3, -0.25) is 0 Å². The molecule has 1 atom stereocenters. The standard InChI is InChI=1S/C63H42N2O/c1-3-14-40(15-4-1)41-26-30-45(31-27-41)64(57-24-13-25-58-63(57)55-22-11-12-23-56(55)65(58)44-17-5-2-6-18-44)46-32-35-52-51-33-29-43(38-59(51)66-60(52)39-46)48-36-37-54-50-21-10-9-20-49(50)53-34-28-42-16-7-8-19-47(42)61(48)62(53)54/h1-27,29-33,35-39,53H,28,34H2. The quantitative estimate of drug-likeness (QED) is 0.166. The van der Waals surface area contributed by atoms with E-state index >= 15 is 0 Å². The van der Waals surface area contributed by atoms with Crippen molar-refractivity contribution in [2.24, 2.45) is 0 Å². The first-order valence-electron chi connectivity index (χ1n) is 23.1. The lowest BCUT2D eigenvalue weighted by molar-refractivity contribution is 0.669. The van der Waals surface area contributed by atoms with Gasteiger partial charge in [-0.25, -0.2) is 0 Å². The molecule has 0 bridgehead atoms. The first-order valence-corrected chi connectivity index (χ1v) is 23.1. The first kappa shape index (κ1) is 37.0. The van der Waals surface area contributed by atoms with Crippen molar-refractivity contribution in [3.8, 4) is 50.2 Å². The summed E-state index contributed by atoms with van der Waals surface area (Å²) in [7, 11) is 0. The van der Waals surface area contributed by atoms with Crippen LogP contribution in [0.5, 0.6) is 0 Å². The third-order valence-electron chi connectivity index (χ3n) is 14.4. The molecule has 66 heavy (non-hydrogen) atoms. The van der Waals surface area contributed by atoms with E-state index in [2.05, 4.69) is 234 Å². The molecule has 0 spiro atoms. The minimum absolute atomic E-state index is 0.380. The van der Waals surface area contributed by atoms with E-state index in [1.807, 2.05) is 0 Å². The molecule has 0 N–H and O–H groups in total. The lowest BCUT2D eigenvalue weighted by atomic mass is 9.85. The van der Waals surface area contributed by atoms with Gasteiger partial charge in [0.1, 0.15) is 11.2 Å². The minimum atomic E-state index is 0.380. The van der Waals surface area contributed by atoms with Gasteiger partial charge in [-0.2, -0.15) is 0 Å². The van der Waals surface area contributed by atoms with Crippen molar-refractivity contribution >= 4 is 60.8 Å². The van der Waals surface area contributed by atoms with E-state index in [1.54, 1.807) is 0 Å². The minimum Gasteiger partial charge on any atom is -0.456 e. The third kappa shape index (κ3) is 5.56. The van der Waals surface area contributed by atoms with E-state index in [-0.39, 0.29) is 0 Å². The number of benzene rings is 10. The van der Waals surface area contributed by atoms with Gasteiger partial charge in [0, 0.05) is 50.6 Å². The highest BCUT2D eigenvalue weighted by Crippen LogP contribution is 2.55. The maximum absolute atomic E-state index is 6.99. The Morgan fingerprint density at radius 2 is 1.09 bits per heavy atom. The predicted octanol–water partition coefficient (Wildman–Crippen LogP) is 17.2. The van der Waals surface area contributed by atoms with E-state index < -0.39 is 0 Å². The maximum atomic E-state index is 6.99. The second kappa shape index (κ2) is 14.6. The van der Waals surface area contributed by atoms with Crippen molar-refractivity contribution in [1.29, 1.82) is 0 Å². The molecular weight excluding hydrogens is 801 g/mol. The zero-order chi connectivity index (χ0) is 43.3. The lowest BCUT2D eigenvalue weighted by Crippen LogP contribution is -2.10. The summed E-state index contributed by atoms with van der Waals surface area (Å²) < 4.78 is 9.38. The summed E-state index contributed by atoms with van der Waals surface area (Å²) in [5, 5.41) is 4.62. The molecule has 0 radical (unpaired) electrons. The summed E-state index contributed by atoms with van der Waals surface area (Å²) in [6.45, 7) is 0. The van der Waals surface area contributed by atoms with E-state index in [4.69, 9.17) is 4.42 Å². The van der Waals surface area contributed by atoms with E-state index in [9.17, 15) is 0 Å². The summed E-state index contributed by atoms with van der Waals surface area (Å²) in [4.78, 5) is 2.40. The van der Waals surface area contributed by atoms with Gasteiger partial charge >= 0.3 is 0 Å². The van der Waals surface area contributed by atoms with Gasteiger partial charge in [0.15, 0.2) is 0 Å². The molecule has 0 saturated carbocycles. The van der Waals surface area contributed by atoms with Crippen molar-refractivity contribution in [3.05, 3.63) is 241 Å². The molecule has 10 aromatic carbocycles. The van der Waals surface area contributed by atoms with Crippen molar-refractivity contribution in [2.45, 2.75) is 18.8 Å². The molecule has 2 aliphatic rings. The van der Waals surface area contributed by atoms with Crippen molar-refractivity contribution in [1.82, 2.24) is 4.57 Å². The molecule has 1 unspecified atom stereocenters. The summed E-state index contributed by atoms with van der Waals surface area (Å²) in [5.41, 5.74) is 23.1. The van der Waals surface area contributed by atoms with Crippen LogP contribution in [0.3, 0.4) is 0 Å². The summed E-state index contributed by atoms with van der Waals surface area (Å²) >= 11 is 0. The predicted molar refractivity (Wildman–Crippen MR) is 275 cm³/mol. The molecule has 0 fully saturated rings. The third-order valence-corrected chi connectivity index (χ3v) is 14.4. The number of hydrogen-bond donors (Lipinski definition) is 0. The SMILES string of the molecule is c1ccc(-c2ccc(N(c3ccc4c(c3)oc3cc(-c5ccc6c7c5-c5ccccc5CCC7c5ccccc5-6)ccc34)c3cccc4c3c3ccccc3n4-c3ccccc3)cc2)cc1. The molecule has 14 rings (SSSR count). The Balaban J connectivity index is 0.945. The van der Waals surface area contributed by atoms with Crippen LogP contribution in [0.1, 0.15) is 29.0 Å². The van der Waals surface area contributed by atoms with Crippen LogP contribution in [0.25, 0.3) is 93.9 Å². The number of aromatic nitrogens is 1. The average Bonchev–Trinajstić information content (AvgIpc) is 3.99. The highest BCUT2D eigenvalue weighted by atomic mass is 16.3. The van der Waals surface area contributed by atoms with Gasteiger partial charge in [-0.1, -0.05) is 152 Å². The van der Waals surface area contributed by atoms with Gasteiger partial charge in [-0.05, 0) is 141 Å². The Kier molecular flexibility index (Phi) is 8.17. The topological polar surface area (TPSA) is 21.3 Å². The average molecular weight is 843 g/mol. The normalized spacial score (nSPS) is 13.8. The first-order chi connectivity index (χ1) is 32.7. The van der Waals surface area contributed by atoms with Gasteiger partial charge in [0.25, 0.3) is 0 Å². The molecule has 3 heteroatoms. The van der Waals surface area contributed by atoms with Crippen LogP contribution in [-0.4, -0.2) is 4.57 Å². The molecule has 3 nitrogen and oxygen atoms in total. The van der Waals surface area contributed by atoms with Crippen LogP contribution >= 0.6 is 0 Å². The number of fused-ring (bicyclic) bond motifs is 11. The zero-order valence-corrected chi connectivity index (χ0v) is 36.2. The van der Waals surface area contributed by atoms with Crippen LogP contribution in [0.15, 0.2) is 229 Å². The fraction of sp³-hybridized carbons (Fsp3) is 0.0476. The molecule has 310 valence electrons. The second-order valence-corrected chi connectivity index (χ2v) is 17.9. The fourth-order valence-corrected chi connectivity index (χ4v) is 11.5. The van der Waals surface area contributed by atoms with E-state index in [0.29, 0.717) is 5.92 Å². The Labute approximate surface area is 383 Å². The Morgan fingerprint density at radius 3 is 1.95 bits per heavy atom. The number of hydrogen-bond acceptors (Lipinski definition) is 2. The monoisotopic (exact) mass is 842 g/mol. The Hall–Kier alpha value is -8.40. The maximum Gasteiger partial charge on any atom is 0.137 e. The highest BCUT2D eigenvalue weighted by molar-refractivity contribution is 6.17. The lowest BCUT2D eigenvalue weighted by Gasteiger charge is -2.26. The van der Waals surface area contributed by atoms with Gasteiger partial charge in [0.05, 0.1) is 16.7 Å².